The van der Waals surface area contributed by atoms with Crippen molar-refractivity contribution in [3.63, 3.8) is 0 Å². The van der Waals surface area contributed by atoms with Crippen LogP contribution in [0, 0.1) is 11.8 Å². The van der Waals surface area contributed by atoms with Crippen LogP contribution in [0.1, 0.15) is 46.5 Å². The van der Waals surface area contributed by atoms with Crippen LogP contribution in [-0.2, 0) is 0 Å². The van der Waals surface area contributed by atoms with Gasteiger partial charge < -0.3 is 5.73 Å². The summed E-state index contributed by atoms with van der Waals surface area (Å²) in [5.74, 6) is 1.61. The minimum atomic E-state index is 0.325. The zero-order valence-electron chi connectivity index (χ0n) is 9.22. The van der Waals surface area contributed by atoms with Gasteiger partial charge in [-0.25, -0.2) is 0 Å². The van der Waals surface area contributed by atoms with Crippen molar-refractivity contribution in [3.8, 4) is 0 Å². The highest BCUT2D eigenvalue weighted by molar-refractivity contribution is 5.11. The summed E-state index contributed by atoms with van der Waals surface area (Å²) in [5, 5.41) is 0. The second kappa shape index (κ2) is 4.80. The highest BCUT2D eigenvalue weighted by Gasteiger charge is 2.16. The first-order chi connectivity index (χ1) is 6.08. The van der Waals surface area contributed by atoms with Crippen LogP contribution in [0.2, 0.25) is 0 Å². The van der Waals surface area contributed by atoms with Gasteiger partial charge in [-0.05, 0) is 37.5 Å². The molecule has 1 aliphatic rings. The molecule has 0 aromatic rings. The van der Waals surface area contributed by atoms with Gasteiger partial charge in [-0.2, -0.15) is 0 Å². The topological polar surface area (TPSA) is 26.0 Å². The van der Waals surface area contributed by atoms with Crippen molar-refractivity contribution >= 4 is 0 Å². The number of nitrogens with two attached hydrogens (primary N) is 1. The van der Waals surface area contributed by atoms with E-state index in [4.69, 9.17) is 5.73 Å². The molecule has 0 saturated heterocycles. The maximum absolute atomic E-state index is 5.95. The number of hydrogen-bond acceptors (Lipinski definition) is 1. The average molecular weight is 181 g/mol. The molecule has 2 atom stereocenters. The summed E-state index contributed by atoms with van der Waals surface area (Å²) < 4.78 is 0. The predicted octanol–water partition coefficient (Wildman–Crippen LogP) is 3.11. The third-order valence-corrected chi connectivity index (χ3v) is 2.78. The van der Waals surface area contributed by atoms with Crippen molar-refractivity contribution in [3.05, 3.63) is 11.6 Å². The molecule has 0 bridgehead atoms. The lowest BCUT2D eigenvalue weighted by Gasteiger charge is -2.24. The molecule has 0 fully saturated rings. The van der Waals surface area contributed by atoms with Crippen LogP contribution in [0.15, 0.2) is 11.6 Å². The Kier molecular flexibility index (Phi) is 3.98. The first-order valence-corrected chi connectivity index (χ1v) is 5.53. The van der Waals surface area contributed by atoms with E-state index in [1.807, 2.05) is 0 Å². The van der Waals surface area contributed by atoms with Gasteiger partial charge >= 0.3 is 0 Å². The Balaban J connectivity index is 2.40. The monoisotopic (exact) mass is 181 g/mol. The molecule has 0 aliphatic heterocycles. The fraction of sp³-hybridized carbons (Fsp3) is 0.833. The Morgan fingerprint density at radius 2 is 2.23 bits per heavy atom. The van der Waals surface area contributed by atoms with Gasteiger partial charge in [0.1, 0.15) is 0 Å². The Morgan fingerprint density at radius 1 is 1.54 bits per heavy atom. The van der Waals surface area contributed by atoms with Gasteiger partial charge in [0, 0.05) is 6.04 Å². The van der Waals surface area contributed by atoms with E-state index >= 15 is 0 Å². The largest absolute Gasteiger partial charge is 0.324 e. The summed E-state index contributed by atoms with van der Waals surface area (Å²) in [6.45, 7) is 6.88. The standard InChI is InChI=1S/C12H23N/c1-9(2)4-5-11-6-10(3)7-12(13)8-11/h8-10,12H,4-7,13H2,1-3H3. The Hall–Kier alpha value is -0.300. The van der Waals surface area contributed by atoms with Crippen LogP contribution < -0.4 is 5.73 Å². The molecule has 0 aromatic carbocycles. The second-order valence-electron chi connectivity index (χ2n) is 4.97. The Morgan fingerprint density at radius 3 is 2.77 bits per heavy atom. The van der Waals surface area contributed by atoms with Gasteiger partial charge in [-0.15, -0.1) is 0 Å². The molecule has 1 heteroatoms. The van der Waals surface area contributed by atoms with Gasteiger partial charge in [-0.1, -0.05) is 32.4 Å². The third kappa shape index (κ3) is 3.95. The van der Waals surface area contributed by atoms with Crippen molar-refractivity contribution in [2.45, 2.75) is 52.5 Å². The normalized spacial score (nSPS) is 29.2. The molecule has 1 rings (SSSR count). The minimum Gasteiger partial charge on any atom is -0.324 e. The van der Waals surface area contributed by atoms with Crippen molar-refractivity contribution in [1.82, 2.24) is 0 Å². The molecule has 0 spiro atoms. The van der Waals surface area contributed by atoms with Crippen LogP contribution in [0.3, 0.4) is 0 Å². The van der Waals surface area contributed by atoms with E-state index in [0.29, 0.717) is 6.04 Å². The van der Waals surface area contributed by atoms with Crippen molar-refractivity contribution < 1.29 is 0 Å². The maximum atomic E-state index is 5.95. The molecular formula is C12H23N. The number of allylic oxidation sites excluding steroid dienone is 1. The molecule has 0 heterocycles. The summed E-state index contributed by atoms with van der Waals surface area (Å²) >= 11 is 0. The van der Waals surface area contributed by atoms with E-state index in [-0.39, 0.29) is 0 Å². The zero-order chi connectivity index (χ0) is 9.84. The van der Waals surface area contributed by atoms with E-state index in [0.717, 1.165) is 11.8 Å². The van der Waals surface area contributed by atoms with Crippen LogP contribution in [0.4, 0.5) is 0 Å². The molecule has 1 aliphatic carbocycles. The average Bonchev–Trinajstić information content (AvgIpc) is 1.99. The third-order valence-electron chi connectivity index (χ3n) is 2.78. The van der Waals surface area contributed by atoms with Crippen LogP contribution in [-0.4, -0.2) is 6.04 Å². The first kappa shape index (κ1) is 10.8. The van der Waals surface area contributed by atoms with Crippen LogP contribution >= 0.6 is 0 Å². The smallest absolute Gasteiger partial charge is 0.0228 e. The molecule has 13 heavy (non-hydrogen) atoms. The van der Waals surface area contributed by atoms with E-state index in [2.05, 4.69) is 26.8 Å². The second-order valence-corrected chi connectivity index (χ2v) is 4.97. The highest BCUT2D eigenvalue weighted by Crippen LogP contribution is 2.26. The van der Waals surface area contributed by atoms with Gasteiger partial charge in [0.15, 0.2) is 0 Å². The van der Waals surface area contributed by atoms with Crippen LogP contribution in [0.25, 0.3) is 0 Å². The summed E-state index contributed by atoms with van der Waals surface area (Å²) in [7, 11) is 0. The SMILES string of the molecule is CC(C)CCC1=CC(N)CC(C)C1. The zero-order valence-corrected chi connectivity index (χ0v) is 9.22. The molecule has 1 nitrogen and oxygen atoms in total. The van der Waals surface area contributed by atoms with Crippen molar-refractivity contribution in [2.75, 3.05) is 0 Å². The maximum Gasteiger partial charge on any atom is 0.0228 e. The Labute approximate surface area is 82.4 Å². The quantitative estimate of drug-likeness (QED) is 0.665. The predicted molar refractivity (Wildman–Crippen MR) is 58.5 cm³/mol. The lowest BCUT2D eigenvalue weighted by molar-refractivity contribution is 0.453. The van der Waals surface area contributed by atoms with Gasteiger partial charge in [0.05, 0.1) is 0 Å². The van der Waals surface area contributed by atoms with Gasteiger partial charge in [0.25, 0.3) is 0 Å². The molecule has 0 radical (unpaired) electrons. The fourth-order valence-electron chi connectivity index (χ4n) is 2.09. The lowest BCUT2D eigenvalue weighted by atomic mass is 9.85. The molecule has 0 saturated carbocycles. The molecule has 0 amide bonds. The summed E-state index contributed by atoms with van der Waals surface area (Å²) in [5.41, 5.74) is 7.54. The fourth-order valence-corrected chi connectivity index (χ4v) is 2.09. The Bertz CT molecular complexity index is 182. The highest BCUT2D eigenvalue weighted by atomic mass is 14.6. The number of hydrogen-bond donors (Lipinski definition) is 1. The van der Waals surface area contributed by atoms with Gasteiger partial charge in [0.2, 0.25) is 0 Å². The van der Waals surface area contributed by atoms with Gasteiger partial charge in [-0.3, -0.25) is 0 Å². The summed E-state index contributed by atoms with van der Waals surface area (Å²) in [6.07, 6.45) is 7.31. The molecule has 2 N–H and O–H groups in total. The van der Waals surface area contributed by atoms with E-state index in [1.54, 1.807) is 5.57 Å². The van der Waals surface area contributed by atoms with E-state index in [9.17, 15) is 0 Å². The molecule has 2 unspecified atom stereocenters. The molecular weight excluding hydrogens is 158 g/mol. The van der Waals surface area contributed by atoms with Crippen LogP contribution in [0.5, 0.6) is 0 Å². The van der Waals surface area contributed by atoms with Crippen molar-refractivity contribution in [1.29, 1.82) is 0 Å². The molecule has 76 valence electrons. The summed E-state index contributed by atoms with van der Waals surface area (Å²) in [4.78, 5) is 0. The summed E-state index contributed by atoms with van der Waals surface area (Å²) in [6, 6.07) is 0.325. The minimum absolute atomic E-state index is 0.325. The lowest BCUT2D eigenvalue weighted by Crippen LogP contribution is -2.24. The number of rotatable bonds is 3. The first-order valence-electron chi connectivity index (χ1n) is 5.53. The van der Waals surface area contributed by atoms with E-state index in [1.165, 1.54) is 25.7 Å². The van der Waals surface area contributed by atoms with Crippen molar-refractivity contribution in [2.24, 2.45) is 17.6 Å². The van der Waals surface area contributed by atoms with E-state index < -0.39 is 0 Å². The molecule has 0 aromatic heterocycles.